The highest BCUT2D eigenvalue weighted by Gasteiger charge is 2.22. The van der Waals surface area contributed by atoms with Crippen molar-refractivity contribution >= 4 is 34.0 Å². The van der Waals surface area contributed by atoms with Crippen molar-refractivity contribution in [1.82, 2.24) is 5.32 Å². The zero-order valence-electron chi connectivity index (χ0n) is 11.4. The molecule has 4 heteroatoms. The molecule has 2 aromatic rings. The number of rotatable bonds is 2. The van der Waals surface area contributed by atoms with Crippen LogP contribution in [0.1, 0.15) is 12.5 Å². The second kappa shape index (κ2) is 5.26. The molecule has 2 N–H and O–H groups in total. The summed E-state index contributed by atoms with van der Waals surface area (Å²) in [5.41, 5.74) is 2.58. The third kappa shape index (κ3) is 2.41. The van der Waals surface area contributed by atoms with E-state index in [1.54, 1.807) is 6.08 Å². The lowest BCUT2D eigenvalue weighted by Crippen LogP contribution is -2.36. The normalized spacial score (nSPS) is 17.9. The van der Waals surface area contributed by atoms with Crippen LogP contribution in [0, 0.1) is 0 Å². The van der Waals surface area contributed by atoms with Crippen molar-refractivity contribution < 1.29 is 9.90 Å². The van der Waals surface area contributed by atoms with Crippen LogP contribution in [0.4, 0.5) is 0 Å². The van der Waals surface area contributed by atoms with E-state index in [0.717, 1.165) is 27.6 Å². The number of hydrogen-bond acceptors (Lipinski definition) is 2. The predicted molar refractivity (Wildman–Crippen MR) is 85.3 cm³/mol. The maximum atomic E-state index is 11.2. The van der Waals surface area contributed by atoms with E-state index < -0.39 is 12.0 Å². The van der Waals surface area contributed by atoms with Gasteiger partial charge in [0.15, 0.2) is 0 Å². The minimum Gasteiger partial charge on any atom is -0.479 e. The second-order valence-electron chi connectivity index (χ2n) is 5.02. The van der Waals surface area contributed by atoms with Crippen LogP contribution < -0.4 is 5.32 Å². The van der Waals surface area contributed by atoms with E-state index in [2.05, 4.69) is 5.32 Å². The highest BCUT2D eigenvalue weighted by atomic mass is 35.5. The molecule has 1 aliphatic rings. The molecule has 2 aromatic carbocycles. The number of carboxylic acid groups (broad SMARTS) is 1. The number of dihydropyridines is 1. The molecule has 3 nitrogen and oxygen atoms in total. The van der Waals surface area contributed by atoms with Crippen LogP contribution in [0.2, 0.25) is 5.02 Å². The topological polar surface area (TPSA) is 49.3 Å². The lowest BCUT2D eigenvalue weighted by Gasteiger charge is -2.23. The fourth-order valence-electron chi connectivity index (χ4n) is 2.55. The summed E-state index contributed by atoms with van der Waals surface area (Å²) in [5, 5.41) is 14.9. The van der Waals surface area contributed by atoms with Gasteiger partial charge in [0.05, 0.1) is 5.02 Å². The number of fused-ring (bicyclic) bond motifs is 1. The number of benzene rings is 2. The Morgan fingerprint density at radius 3 is 2.76 bits per heavy atom. The first-order chi connectivity index (χ1) is 10.1. The lowest BCUT2D eigenvalue weighted by atomic mass is 9.96. The molecule has 1 heterocycles. The molecule has 0 aliphatic carbocycles. The predicted octanol–water partition coefficient (Wildman–Crippen LogP) is 3.84. The van der Waals surface area contributed by atoms with Gasteiger partial charge < -0.3 is 10.4 Å². The molecular formula is C17H14ClNO2. The van der Waals surface area contributed by atoms with Gasteiger partial charge in [-0.15, -0.1) is 0 Å². The summed E-state index contributed by atoms with van der Waals surface area (Å²) in [5.74, 6) is -0.910. The molecule has 0 saturated heterocycles. The molecular weight excluding hydrogens is 286 g/mol. The summed E-state index contributed by atoms with van der Waals surface area (Å²) < 4.78 is 0. The molecule has 0 spiro atoms. The minimum absolute atomic E-state index is 0.606. The molecule has 3 rings (SSSR count). The zero-order valence-corrected chi connectivity index (χ0v) is 12.2. The first kappa shape index (κ1) is 13.7. The summed E-state index contributed by atoms with van der Waals surface area (Å²) in [6, 6.07) is 11.0. The zero-order chi connectivity index (χ0) is 15.0. The molecule has 0 saturated carbocycles. The fourth-order valence-corrected chi connectivity index (χ4v) is 2.81. The van der Waals surface area contributed by atoms with E-state index in [1.807, 2.05) is 49.4 Å². The van der Waals surface area contributed by atoms with Gasteiger partial charge in [-0.1, -0.05) is 54.1 Å². The Morgan fingerprint density at radius 2 is 2.00 bits per heavy atom. The van der Waals surface area contributed by atoms with Crippen LogP contribution in [-0.2, 0) is 4.79 Å². The van der Waals surface area contributed by atoms with E-state index in [1.165, 1.54) is 0 Å². The average molecular weight is 300 g/mol. The van der Waals surface area contributed by atoms with Crippen LogP contribution in [0.5, 0.6) is 0 Å². The monoisotopic (exact) mass is 299 g/mol. The van der Waals surface area contributed by atoms with Crippen molar-refractivity contribution in [1.29, 1.82) is 0 Å². The van der Waals surface area contributed by atoms with Crippen molar-refractivity contribution in [2.45, 2.75) is 13.0 Å². The number of carbonyl (C=O) groups is 1. The lowest BCUT2D eigenvalue weighted by molar-refractivity contribution is -0.137. The maximum Gasteiger partial charge on any atom is 0.330 e. The van der Waals surface area contributed by atoms with E-state index in [9.17, 15) is 9.90 Å². The van der Waals surface area contributed by atoms with Gasteiger partial charge in [0, 0.05) is 11.3 Å². The van der Waals surface area contributed by atoms with Crippen LogP contribution in [-0.4, -0.2) is 17.1 Å². The number of allylic oxidation sites excluding steroid dienone is 2. The highest BCUT2D eigenvalue weighted by Crippen LogP contribution is 2.33. The molecule has 0 fully saturated rings. The molecule has 1 unspecified atom stereocenters. The van der Waals surface area contributed by atoms with Crippen molar-refractivity contribution in [2.24, 2.45) is 0 Å². The van der Waals surface area contributed by atoms with Crippen LogP contribution >= 0.6 is 11.6 Å². The summed E-state index contributed by atoms with van der Waals surface area (Å²) in [4.78, 5) is 11.2. The Labute approximate surface area is 127 Å². The largest absolute Gasteiger partial charge is 0.479 e. The van der Waals surface area contributed by atoms with Crippen LogP contribution in [0.3, 0.4) is 0 Å². The van der Waals surface area contributed by atoms with Gasteiger partial charge in [-0.05, 0) is 29.3 Å². The van der Waals surface area contributed by atoms with Gasteiger partial charge in [0.2, 0.25) is 0 Å². The first-order valence-electron chi connectivity index (χ1n) is 6.64. The maximum absolute atomic E-state index is 11.2. The minimum atomic E-state index is -0.910. The number of carboxylic acids is 1. The van der Waals surface area contributed by atoms with Gasteiger partial charge in [-0.3, -0.25) is 0 Å². The Morgan fingerprint density at radius 1 is 1.24 bits per heavy atom. The molecule has 0 radical (unpaired) electrons. The number of aliphatic carboxylic acids is 1. The Balaban J connectivity index is 2.22. The molecule has 0 bridgehead atoms. The van der Waals surface area contributed by atoms with E-state index in [0.29, 0.717) is 5.02 Å². The molecule has 1 aliphatic heterocycles. The summed E-state index contributed by atoms with van der Waals surface area (Å²) in [6.45, 7) is 1.94. The van der Waals surface area contributed by atoms with Crippen LogP contribution in [0.25, 0.3) is 16.5 Å². The Bertz CT molecular complexity index is 792. The summed E-state index contributed by atoms with van der Waals surface area (Å²) in [7, 11) is 0. The molecule has 1 atom stereocenters. The molecule has 21 heavy (non-hydrogen) atoms. The van der Waals surface area contributed by atoms with Gasteiger partial charge in [-0.25, -0.2) is 4.79 Å². The summed E-state index contributed by atoms with van der Waals surface area (Å²) >= 11 is 6.38. The highest BCUT2D eigenvalue weighted by molar-refractivity contribution is 6.33. The van der Waals surface area contributed by atoms with Gasteiger partial charge >= 0.3 is 5.97 Å². The van der Waals surface area contributed by atoms with E-state index in [-0.39, 0.29) is 0 Å². The van der Waals surface area contributed by atoms with Crippen molar-refractivity contribution in [3.63, 3.8) is 0 Å². The average Bonchev–Trinajstić information content (AvgIpc) is 2.48. The SMILES string of the molecule is CC1=C(c2c(Cl)ccc3ccccc23)NC(C(=O)O)C=C1. The van der Waals surface area contributed by atoms with E-state index in [4.69, 9.17) is 11.6 Å². The summed E-state index contributed by atoms with van der Waals surface area (Å²) in [6.07, 6.45) is 3.46. The molecule has 0 amide bonds. The number of halogens is 1. The third-order valence-electron chi connectivity index (χ3n) is 3.63. The molecule has 0 aromatic heterocycles. The van der Waals surface area contributed by atoms with Gasteiger partial charge in [0.1, 0.15) is 6.04 Å². The Hall–Kier alpha value is -2.26. The second-order valence-corrected chi connectivity index (χ2v) is 5.43. The third-order valence-corrected chi connectivity index (χ3v) is 3.94. The van der Waals surface area contributed by atoms with Crippen molar-refractivity contribution in [3.05, 3.63) is 64.7 Å². The van der Waals surface area contributed by atoms with Crippen LogP contribution in [0.15, 0.2) is 54.1 Å². The van der Waals surface area contributed by atoms with Gasteiger partial charge in [-0.2, -0.15) is 0 Å². The van der Waals surface area contributed by atoms with Crippen molar-refractivity contribution in [3.8, 4) is 0 Å². The first-order valence-corrected chi connectivity index (χ1v) is 7.02. The smallest absolute Gasteiger partial charge is 0.330 e. The fraction of sp³-hybridized carbons (Fsp3) is 0.118. The number of hydrogen-bond donors (Lipinski definition) is 2. The quantitative estimate of drug-likeness (QED) is 0.886. The van der Waals surface area contributed by atoms with Gasteiger partial charge in [0.25, 0.3) is 0 Å². The number of nitrogens with one attached hydrogen (secondary N) is 1. The van der Waals surface area contributed by atoms with E-state index >= 15 is 0 Å². The standard InChI is InChI=1S/C17H14ClNO2/c1-10-6-9-14(17(20)21)19-16(10)15-12-5-3-2-4-11(12)7-8-13(15)18/h2-9,14,19H,1H3,(H,20,21). The molecule has 106 valence electrons. The van der Waals surface area contributed by atoms with Crippen molar-refractivity contribution in [2.75, 3.05) is 0 Å². The Kier molecular flexibility index (Phi) is 3.43.